The molecule has 1 saturated heterocycles. The fourth-order valence-electron chi connectivity index (χ4n) is 3.22. The van der Waals surface area contributed by atoms with Gasteiger partial charge >= 0.3 is 0 Å². The second kappa shape index (κ2) is 8.83. The Hall–Kier alpha value is -2.59. The van der Waals surface area contributed by atoms with E-state index in [2.05, 4.69) is 15.3 Å². The van der Waals surface area contributed by atoms with Gasteiger partial charge in [-0.05, 0) is 26.0 Å². The molecule has 29 heavy (non-hydrogen) atoms. The Morgan fingerprint density at radius 1 is 1.03 bits per heavy atom. The molecule has 0 saturated carbocycles. The van der Waals surface area contributed by atoms with Crippen molar-refractivity contribution >= 4 is 21.8 Å². The van der Waals surface area contributed by atoms with Gasteiger partial charge in [-0.2, -0.15) is 9.29 Å². The van der Waals surface area contributed by atoms with Crippen molar-refractivity contribution < 1.29 is 17.9 Å². The van der Waals surface area contributed by atoms with Gasteiger partial charge in [-0.3, -0.25) is 0 Å². The van der Waals surface area contributed by atoms with Crippen LogP contribution in [0.3, 0.4) is 0 Å². The number of aromatic nitrogens is 2. The van der Waals surface area contributed by atoms with Gasteiger partial charge in [0.15, 0.2) is 11.5 Å². The lowest BCUT2D eigenvalue weighted by Crippen LogP contribution is -2.49. The summed E-state index contributed by atoms with van der Waals surface area (Å²) < 4.78 is 38.0. The maximum atomic E-state index is 13.1. The van der Waals surface area contributed by atoms with Crippen LogP contribution in [0.1, 0.15) is 12.6 Å². The average molecular weight is 422 g/mol. The van der Waals surface area contributed by atoms with Crippen molar-refractivity contribution in [2.45, 2.75) is 18.7 Å². The largest absolute Gasteiger partial charge is 0.493 e. The number of hydrogen-bond acceptors (Lipinski definition) is 8. The SMILES string of the molecule is CCNc1cc(C)nc(N2CCN(S(=O)(=O)c3ccc(OC)c(OC)c3)CC2)n1. The molecule has 1 aliphatic rings. The molecule has 3 rings (SSSR count). The lowest BCUT2D eigenvalue weighted by Gasteiger charge is -2.34. The Bertz CT molecular complexity index is 959. The van der Waals surface area contributed by atoms with E-state index in [1.165, 1.54) is 30.7 Å². The Kier molecular flexibility index (Phi) is 6.43. The number of piperazine rings is 1. The highest BCUT2D eigenvalue weighted by molar-refractivity contribution is 7.89. The van der Waals surface area contributed by atoms with Crippen LogP contribution >= 0.6 is 0 Å². The van der Waals surface area contributed by atoms with Crippen LogP contribution < -0.4 is 19.7 Å². The van der Waals surface area contributed by atoms with E-state index < -0.39 is 10.0 Å². The lowest BCUT2D eigenvalue weighted by atomic mass is 10.3. The summed E-state index contributed by atoms with van der Waals surface area (Å²) in [6.45, 7) is 6.43. The smallest absolute Gasteiger partial charge is 0.243 e. The van der Waals surface area contributed by atoms with Gasteiger partial charge < -0.3 is 19.7 Å². The molecule has 0 radical (unpaired) electrons. The molecule has 1 N–H and O–H groups in total. The molecule has 9 nitrogen and oxygen atoms in total. The van der Waals surface area contributed by atoms with Crippen molar-refractivity contribution in [3.8, 4) is 11.5 Å². The first-order chi connectivity index (χ1) is 13.9. The fraction of sp³-hybridized carbons (Fsp3) is 0.474. The summed E-state index contributed by atoms with van der Waals surface area (Å²) in [6, 6.07) is 6.53. The summed E-state index contributed by atoms with van der Waals surface area (Å²) in [4.78, 5) is 11.2. The summed E-state index contributed by atoms with van der Waals surface area (Å²) in [5.74, 6) is 2.26. The Labute approximate surface area is 171 Å². The zero-order valence-corrected chi connectivity index (χ0v) is 18.0. The molecule has 158 valence electrons. The van der Waals surface area contributed by atoms with Crippen LogP contribution in [0, 0.1) is 6.92 Å². The number of aryl methyl sites for hydroxylation is 1. The minimum atomic E-state index is -3.63. The van der Waals surface area contributed by atoms with E-state index in [0.717, 1.165) is 18.1 Å². The standard InChI is InChI=1S/C19H27N5O4S/c1-5-20-18-12-14(2)21-19(22-18)23-8-10-24(11-9-23)29(25,26)15-6-7-16(27-3)17(13-15)28-4/h6-7,12-13H,5,8-11H2,1-4H3,(H,20,21,22). The van der Waals surface area contributed by atoms with Crippen molar-refractivity contribution in [2.24, 2.45) is 0 Å². The predicted molar refractivity (Wildman–Crippen MR) is 111 cm³/mol. The minimum absolute atomic E-state index is 0.185. The van der Waals surface area contributed by atoms with E-state index in [9.17, 15) is 8.42 Å². The van der Waals surface area contributed by atoms with Gasteiger partial charge in [0.1, 0.15) is 5.82 Å². The molecule has 1 aromatic heterocycles. The molecule has 0 bridgehead atoms. The molecule has 2 aromatic rings. The first-order valence-corrected chi connectivity index (χ1v) is 10.9. The van der Waals surface area contributed by atoms with Crippen molar-refractivity contribution in [3.05, 3.63) is 30.0 Å². The Balaban J connectivity index is 1.75. The van der Waals surface area contributed by atoms with Gasteiger partial charge in [-0.1, -0.05) is 0 Å². The van der Waals surface area contributed by atoms with E-state index in [-0.39, 0.29) is 4.90 Å². The highest BCUT2D eigenvalue weighted by Crippen LogP contribution is 2.31. The van der Waals surface area contributed by atoms with Gasteiger partial charge in [-0.25, -0.2) is 13.4 Å². The van der Waals surface area contributed by atoms with Crippen LogP contribution in [-0.2, 0) is 10.0 Å². The molecule has 0 atom stereocenters. The van der Waals surface area contributed by atoms with E-state index in [1.807, 2.05) is 24.8 Å². The van der Waals surface area contributed by atoms with Crippen LogP contribution in [0.25, 0.3) is 0 Å². The van der Waals surface area contributed by atoms with Crippen LogP contribution in [-0.4, -0.2) is 69.6 Å². The minimum Gasteiger partial charge on any atom is -0.493 e. The number of methoxy groups -OCH3 is 2. The normalized spacial score (nSPS) is 15.2. The number of ether oxygens (including phenoxy) is 2. The van der Waals surface area contributed by atoms with E-state index >= 15 is 0 Å². The summed E-state index contributed by atoms with van der Waals surface area (Å²) >= 11 is 0. The van der Waals surface area contributed by atoms with E-state index in [1.54, 1.807) is 6.07 Å². The van der Waals surface area contributed by atoms with Crippen molar-refractivity contribution in [2.75, 3.05) is 57.2 Å². The second-order valence-electron chi connectivity index (χ2n) is 6.63. The molecule has 0 aliphatic carbocycles. The third-order valence-electron chi connectivity index (χ3n) is 4.71. The van der Waals surface area contributed by atoms with Gasteiger partial charge in [0.25, 0.3) is 0 Å². The average Bonchev–Trinajstić information content (AvgIpc) is 2.73. The summed E-state index contributed by atoms with van der Waals surface area (Å²) in [7, 11) is -0.636. The summed E-state index contributed by atoms with van der Waals surface area (Å²) in [5.41, 5.74) is 0.867. The summed E-state index contributed by atoms with van der Waals surface area (Å²) in [5, 5.41) is 3.20. The first kappa shape index (κ1) is 21.1. The number of nitrogens with zero attached hydrogens (tertiary/aromatic N) is 4. The van der Waals surface area contributed by atoms with Gasteiger partial charge in [-0.15, -0.1) is 0 Å². The molecule has 0 spiro atoms. The van der Waals surface area contributed by atoms with E-state index in [0.29, 0.717) is 43.6 Å². The van der Waals surface area contributed by atoms with Gasteiger partial charge in [0, 0.05) is 50.6 Å². The second-order valence-corrected chi connectivity index (χ2v) is 8.57. The third-order valence-corrected chi connectivity index (χ3v) is 6.61. The molecule has 10 heteroatoms. The molecular formula is C19H27N5O4S. The molecule has 0 amide bonds. The number of nitrogens with one attached hydrogen (secondary N) is 1. The zero-order chi connectivity index (χ0) is 21.0. The highest BCUT2D eigenvalue weighted by Gasteiger charge is 2.30. The molecule has 0 unspecified atom stereocenters. The maximum Gasteiger partial charge on any atom is 0.243 e. The van der Waals surface area contributed by atoms with E-state index in [4.69, 9.17) is 9.47 Å². The number of benzene rings is 1. The van der Waals surface area contributed by atoms with Crippen LogP contribution in [0.4, 0.5) is 11.8 Å². The number of anilines is 2. The Morgan fingerprint density at radius 2 is 1.72 bits per heavy atom. The van der Waals surface area contributed by atoms with Crippen LogP contribution in [0.5, 0.6) is 11.5 Å². The number of hydrogen-bond donors (Lipinski definition) is 1. The number of sulfonamides is 1. The molecule has 1 aromatic carbocycles. The fourth-order valence-corrected chi connectivity index (χ4v) is 4.66. The topological polar surface area (TPSA) is 96.9 Å². The molecule has 2 heterocycles. The quantitative estimate of drug-likeness (QED) is 0.722. The van der Waals surface area contributed by atoms with Gasteiger partial charge in [0.05, 0.1) is 19.1 Å². The van der Waals surface area contributed by atoms with Crippen molar-refractivity contribution in [3.63, 3.8) is 0 Å². The predicted octanol–water partition coefficient (Wildman–Crippen LogP) is 1.74. The number of rotatable bonds is 7. The zero-order valence-electron chi connectivity index (χ0n) is 17.2. The first-order valence-electron chi connectivity index (χ1n) is 9.45. The van der Waals surface area contributed by atoms with Crippen LogP contribution in [0.15, 0.2) is 29.2 Å². The van der Waals surface area contributed by atoms with Gasteiger partial charge in [0.2, 0.25) is 16.0 Å². The van der Waals surface area contributed by atoms with Crippen molar-refractivity contribution in [1.29, 1.82) is 0 Å². The highest BCUT2D eigenvalue weighted by atomic mass is 32.2. The van der Waals surface area contributed by atoms with Crippen LogP contribution in [0.2, 0.25) is 0 Å². The Morgan fingerprint density at radius 3 is 2.34 bits per heavy atom. The third kappa shape index (κ3) is 4.54. The lowest BCUT2D eigenvalue weighted by molar-refractivity contribution is 0.353. The molecular weight excluding hydrogens is 394 g/mol. The summed E-state index contributed by atoms with van der Waals surface area (Å²) in [6.07, 6.45) is 0. The van der Waals surface area contributed by atoms with Crippen molar-refractivity contribution in [1.82, 2.24) is 14.3 Å². The molecule has 1 fully saturated rings. The maximum absolute atomic E-state index is 13.1. The molecule has 1 aliphatic heterocycles. The monoisotopic (exact) mass is 421 g/mol.